The Kier molecular flexibility index (Phi) is 6.32. The van der Waals surface area contributed by atoms with Gasteiger partial charge in [0.25, 0.3) is 5.56 Å². The number of pyridine rings is 1. The third kappa shape index (κ3) is 5.00. The van der Waals surface area contributed by atoms with Gasteiger partial charge in [-0.15, -0.1) is 0 Å². The molecule has 3 aromatic rings. The van der Waals surface area contributed by atoms with Gasteiger partial charge in [-0.2, -0.15) is 0 Å². The van der Waals surface area contributed by atoms with Gasteiger partial charge in [-0.05, 0) is 41.8 Å². The molecule has 1 aliphatic heterocycles. The van der Waals surface area contributed by atoms with Crippen LogP contribution in [-0.2, 0) is 4.74 Å². The molecule has 4 N–H and O–H groups in total. The molecule has 0 spiro atoms. The fraction of sp³-hybridized carbons (Fsp3) is 0.261. The molecular weight excluding hydrogens is 380 g/mol. The Labute approximate surface area is 175 Å². The number of nitrogens with zero attached hydrogens (tertiary/aromatic N) is 1. The first-order valence-corrected chi connectivity index (χ1v) is 10.1. The van der Waals surface area contributed by atoms with Crippen molar-refractivity contribution >= 4 is 22.3 Å². The number of benzene rings is 2. The number of para-hydroxylation sites is 1. The third-order valence-corrected chi connectivity index (χ3v) is 5.09. The Bertz CT molecular complexity index is 1070. The highest BCUT2D eigenvalue weighted by atomic mass is 16.5. The summed E-state index contributed by atoms with van der Waals surface area (Å²) in [5.74, 6) is 0.816. The molecule has 1 aliphatic rings. The molecule has 1 fully saturated rings. The van der Waals surface area contributed by atoms with Gasteiger partial charge in [0.05, 0.1) is 24.5 Å². The molecular formula is C23H26N4O3. The van der Waals surface area contributed by atoms with Gasteiger partial charge in [0, 0.05) is 37.0 Å². The number of morpholine rings is 1. The molecule has 0 saturated carbocycles. The van der Waals surface area contributed by atoms with E-state index in [0.717, 1.165) is 55.2 Å². The van der Waals surface area contributed by atoms with Crippen LogP contribution in [0.1, 0.15) is 5.56 Å². The highest BCUT2D eigenvalue weighted by molar-refractivity contribution is 5.82. The van der Waals surface area contributed by atoms with Crippen LogP contribution in [0, 0.1) is 0 Å². The zero-order chi connectivity index (χ0) is 20.8. The van der Waals surface area contributed by atoms with Crippen molar-refractivity contribution in [2.75, 3.05) is 44.8 Å². The van der Waals surface area contributed by atoms with E-state index in [1.54, 1.807) is 12.3 Å². The van der Waals surface area contributed by atoms with Crippen molar-refractivity contribution in [3.05, 3.63) is 76.7 Å². The number of fused-ring (bicyclic) bond motifs is 1. The van der Waals surface area contributed by atoms with Crippen molar-refractivity contribution in [2.45, 2.75) is 0 Å². The zero-order valence-electron chi connectivity index (χ0n) is 16.8. The van der Waals surface area contributed by atoms with E-state index in [-0.39, 0.29) is 5.56 Å². The third-order valence-electron chi connectivity index (χ3n) is 5.09. The lowest BCUT2D eigenvalue weighted by molar-refractivity contribution is 0.0322. The van der Waals surface area contributed by atoms with Crippen LogP contribution in [0.3, 0.4) is 0 Å². The molecule has 7 heteroatoms. The van der Waals surface area contributed by atoms with Crippen LogP contribution in [0.25, 0.3) is 16.6 Å². The Hall–Kier alpha value is -3.29. The van der Waals surface area contributed by atoms with Gasteiger partial charge in [0.1, 0.15) is 12.4 Å². The van der Waals surface area contributed by atoms with E-state index in [9.17, 15) is 4.79 Å². The summed E-state index contributed by atoms with van der Waals surface area (Å²) >= 11 is 0. The number of aromatic amines is 1. The Morgan fingerprint density at radius 2 is 1.93 bits per heavy atom. The predicted octanol–water partition coefficient (Wildman–Crippen LogP) is 2.61. The Balaban J connectivity index is 1.34. The maximum absolute atomic E-state index is 12.3. The van der Waals surface area contributed by atoms with Crippen molar-refractivity contribution in [1.29, 1.82) is 0 Å². The Morgan fingerprint density at radius 3 is 2.73 bits per heavy atom. The maximum Gasteiger partial charge on any atom is 0.257 e. The van der Waals surface area contributed by atoms with E-state index in [2.05, 4.69) is 15.2 Å². The van der Waals surface area contributed by atoms with Gasteiger partial charge in [-0.3, -0.25) is 9.69 Å². The van der Waals surface area contributed by atoms with E-state index in [1.165, 1.54) is 0 Å². The van der Waals surface area contributed by atoms with E-state index in [1.807, 2.05) is 48.5 Å². The Morgan fingerprint density at radius 1 is 1.17 bits per heavy atom. The molecule has 0 unspecified atom stereocenters. The molecule has 30 heavy (non-hydrogen) atoms. The summed E-state index contributed by atoms with van der Waals surface area (Å²) in [5.41, 5.74) is 8.38. The summed E-state index contributed by atoms with van der Waals surface area (Å²) in [4.78, 5) is 17.5. The molecule has 156 valence electrons. The van der Waals surface area contributed by atoms with Crippen molar-refractivity contribution in [3.63, 3.8) is 0 Å². The fourth-order valence-corrected chi connectivity index (χ4v) is 3.37. The topological polar surface area (TPSA) is 92.6 Å². The number of aromatic nitrogens is 1. The number of ether oxygens (including phenoxy) is 2. The molecule has 4 rings (SSSR count). The van der Waals surface area contributed by atoms with Gasteiger partial charge in [-0.1, -0.05) is 18.2 Å². The monoisotopic (exact) mass is 406 g/mol. The number of rotatable bonds is 7. The van der Waals surface area contributed by atoms with E-state index >= 15 is 0 Å². The molecule has 0 atom stereocenters. The van der Waals surface area contributed by atoms with Crippen LogP contribution in [-0.4, -0.2) is 49.3 Å². The molecule has 0 amide bonds. The predicted molar refractivity (Wildman–Crippen MR) is 120 cm³/mol. The molecule has 1 aromatic heterocycles. The van der Waals surface area contributed by atoms with Crippen molar-refractivity contribution < 1.29 is 9.47 Å². The van der Waals surface area contributed by atoms with E-state index in [0.29, 0.717) is 17.9 Å². The maximum atomic E-state index is 12.3. The highest BCUT2D eigenvalue weighted by Crippen LogP contribution is 2.17. The minimum absolute atomic E-state index is 0.215. The largest absolute Gasteiger partial charge is 0.492 e. The number of anilines is 1. The molecule has 0 radical (unpaired) electrons. The lowest BCUT2D eigenvalue weighted by Crippen LogP contribution is -2.38. The molecule has 2 heterocycles. The second-order valence-corrected chi connectivity index (χ2v) is 7.17. The van der Waals surface area contributed by atoms with Gasteiger partial charge in [0.2, 0.25) is 0 Å². The highest BCUT2D eigenvalue weighted by Gasteiger charge is 2.09. The normalized spacial score (nSPS) is 15.3. The number of nitrogens with two attached hydrogens (primary N) is 1. The van der Waals surface area contributed by atoms with Crippen LogP contribution < -0.4 is 21.3 Å². The summed E-state index contributed by atoms with van der Waals surface area (Å²) in [6.07, 6.45) is 1.63. The fourth-order valence-electron chi connectivity index (χ4n) is 3.37. The molecule has 2 aromatic carbocycles. The van der Waals surface area contributed by atoms with Crippen LogP contribution in [0.4, 0.5) is 5.69 Å². The van der Waals surface area contributed by atoms with Gasteiger partial charge >= 0.3 is 0 Å². The molecule has 0 aliphatic carbocycles. The lowest BCUT2D eigenvalue weighted by Gasteiger charge is -2.26. The summed E-state index contributed by atoms with van der Waals surface area (Å²) in [6, 6.07) is 17.1. The second-order valence-electron chi connectivity index (χ2n) is 7.17. The first-order valence-electron chi connectivity index (χ1n) is 10.1. The number of H-pyrrole nitrogens is 1. The lowest BCUT2D eigenvalue weighted by atomic mass is 10.1. The number of nitrogens with one attached hydrogen (secondary N) is 2. The number of hydrogen-bond donors (Lipinski definition) is 3. The summed E-state index contributed by atoms with van der Waals surface area (Å²) in [6.45, 7) is 5.04. The van der Waals surface area contributed by atoms with E-state index < -0.39 is 0 Å². The van der Waals surface area contributed by atoms with Crippen LogP contribution in [0.5, 0.6) is 5.75 Å². The summed E-state index contributed by atoms with van der Waals surface area (Å²) < 4.78 is 11.2. The summed E-state index contributed by atoms with van der Waals surface area (Å²) in [7, 11) is 0. The first kappa shape index (κ1) is 20.0. The SMILES string of the molecule is N/C(=C\Nc1ccc(OCCN2CCOCC2)cc1)c1cc2ccccc2[nH]c1=O. The van der Waals surface area contributed by atoms with Crippen LogP contribution in [0.2, 0.25) is 0 Å². The van der Waals surface area contributed by atoms with Crippen molar-refractivity contribution in [3.8, 4) is 5.75 Å². The molecule has 1 saturated heterocycles. The van der Waals surface area contributed by atoms with Crippen molar-refractivity contribution in [2.24, 2.45) is 5.73 Å². The minimum Gasteiger partial charge on any atom is -0.492 e. The van der Waals surface area contributed by atoms with Crippen LogP contribution in [0.15, 0.2) is 65.6 Å². The number of hydrogen-bond acceptors (Lipinski definition) is 6. The average molecular weight is 406 g/mol. The zero-order valence-corrected chi connectivity index (χ0v) is 16.8. The van der Waals surface area contributed by atoms with Crippen molar-refractivity contribution in [1.82, 2.24) is 9.88 Å². The molecule has 7 nitrogen and oxygen atoms in total. The van der Waals surface area contributed by atoms with Gasteiger partial charge in [-0.25, -0.2) is 0 Å². The van der Waals surface area contributed by atoms with E-state index in [4.69, 9.17) is 15.2 Å². The minimum atomic E-state index is -0.215. The average Bonchev–Trinajstić information content (AvgIpc) is 2.78. The first-order chi connectivity index (χ1) is 14.7. The van der Waals surface area contributed by atoms with Gasteiger partial charge in [0.15, 0.2) is 0 Å². The molecule has 0 bridgehead atoms. The quantitative estimate of drug-likeness (QED) is 0.559. The summed E-state index contributed by atoms with van der Waals surface area (Å²) in [5, 5.41) is 4.07. The smallest absolute Gasteiger partial charge is 0.257 e. The van der Waals surface area contributed by atoms with Gasteiger partial charge < -0.3 is 25.5 Å². The second kappa shape index (κ2) is 9.47. The van der Waals surface area contributed by atoms with Crippen LogP contribution >= 0.6 is 0 Å². The standard InChI is InChI=1S/C23H26N4O3/c24-21(20-15-17-3-1-2-4-22(17)26-23(20)28)16-25-18-5-7-19(8-6-18)30-14-11-27-9-12-29-13-10-27/h1-8,15-16,25H,9-14,24H2,(H,26,28)/b21-16-.